The van der Waals surface area contributed by atoms with Gasteiger partial charge in [0, 0.05) is 6.42 Å². The van der Waals surface area contributed by atoms with Gasteiger partial charge in [0.15, 0.2) is 0 Å². The van der Waals surface area contributed by atoms with Gasteiger partial charge in [-0.15, -0.1) is 0 Å². The summed E-state index contributed by atoms with van der Waals surface area (Å²) in [4.78, 5) is 11.5. The lowest BCUT2D eigenvalue weighted by Crippen LogP contribution is -2.25. The van der Waals surface area contributed by atoms with Crippen LogP contribution in [-0.4, -0.2) is 28.0 Å². The van der Waals surface area contributed by atoms with Crippen LogP contribution in [0.3, 0.4) is 0 Å². The van der Waals surface area contributed by atoms with Crippen LogP contribution in [0.5, 0.6) is 0 Å². The highest BCUT2D eigenvalue weighted by Gasteiger charge is 2.26. The molecule has 4 rings (SSSR count). The number of rotatable bonds is 7. The fraction of sp³-hybridized carbons (Fsp3) is 0.348. The number of furan rings is 1. The lowest BCUT2D eigenvalue weighted by atomic mass is 10.1. The Morgan fingerprint density at radius 2 is 2.17 bits per heavy atom. The van der Waals surface area contributed by atoms with Gasteiger partial charge in [0.2, 0.25) is 0 Å². The van der Waals surface area contributed by atoms with Gasteiger partial charge in [-0.1, -0.05) is 6.07 Å². The molecule has 6 nitrogen and oxygen atoms in total. The molecule has 0 unspecified atom stereocenters. The second-order valence-electron chi connectivity index (χ2n) is 7.43. The molecule has 0 aliphatic carbocycles. The Kier molecular flexibility index (Phi) is 5.87. The molecule has 1 saturated heterocycles. The molecule has 1 fully saturated rings. The van der Waals surface area contributed by atoms with Gasteiger partial charge in [0.05, 0.1) is 23.6 Å². The average molecular weight is 387 g/mol. The van der Waals surface area contributed by atoms with Gasteiger partial charge < -0.3 is 9.73 Å². The van der Waals surface area contributed by atoms with Crippen molar-refractivity contribution in [2.24, 2.45) is 0 Å². The first kappa shape index (κ1) is 19.2. The number of nitrogens with zero attached hydrogens (tertiary/aromatic N) is 4. The van der Waals surface area contributed by atoms with Gasteiger partial charge >= 0.3 is 0 Å². The number of aryl methyl sites for hydroxylation is 2. The smallest absolute Gasteiger partial charge is 0.140 e. The summed E-state index contributed by atoms with van der Waals surface area (Å²) in [5, 5.41) is 12.2. The number of hydrogen-bond donors (Lipinski definition) is 1. The van der Waals surface area contributed by atoms with E-state index in [1.54, 1.807) is 12.3 Å². The third-order valence-corrected chi connectivity index (χ3v) is 5.29. The predicted molar refractivity (Wildman–Crippen MR) is 112 cm³/mol. The summed E-state index contributed by atoms with van der Waals surface area (Å²) in [5.41, 5.74) is 2.33. The Morgan fingerprint density at radius 1 is 1.24 bits per heavy atom. The van der Waals surface area contributed by atoms with Gasteiger partial charge in [0.1, 0.15) is 29.1 Å². The van der Waals surface area contributed by atoms with Crippen molar-refractivity contribution < 1.29 is 4.42 Å². The zero-order chi connectivity index (χ0) is 20.1. The third kappa shape index (κ3) is 4.82. The predicted octanol–water partition coefficient (Wildman–Crippen LogP) is 4.76. The van der Waals surface area contributed by atoms with E-state index in [0.717, 1.165) is 61.1 Å². The highest BCUT2D eigenvalue weighted by molar-refractivity contribution is 5.55. The van der Waals surface area contributed by atoms with Gasteiger partial charge in [-0.05, 0) is 75.7 Å². The van der Waals surface area contributed by atoms with Crippen molar-refractivity contribution in [3.63, 3.8) is 0 Å². The minimum Gasteiger partial charge on any atom is -0.466 e. The van der Waals surface area contributed by atoms with Crippen LogP contribution in [0.1, 0.15) is 48.2 Å². The monoisotopic (exact) mass is 387 g/mol. The molecular formula is C23H25N5O. The Labute approximate surface area is 171 Å². The van der Waals surface area contributed by atoms with E-state index in [2.05, 4.69) is 27.3 Å². The third-order valence-electron chi connectivity index (χ3n) is 5.29. The van der Waals surface area contributed by atoms with Gasteiger partial charge in [-0.2, -0.15) is 5.26 Å². The van der Waals surface area contributed by atoms with Crippen LogP contribution in [0.15, 0.2) is 53.1 Å². The standard InChI is InChI=1S/C23H25N5O/c1-17-9-12-20(29-17)5-3-13-28-14-4-7-22(28)21-6-2-8-23(27-21)26-19-11-10-18(15-24)25-16-19/h2,6,8-12,16,22H,3-5,7,13-14H2,1H3,(H,26,27)/t22-/m1/s1. The number of nitriles is 1. The molecular weight excluding hydrogens is 362 g/mol. The lowest BCUT2D eigenvalue weighted by Gasteiger charge is -2.24. The quantitative estimate of drug-likeness (QED) is 0.629. The van der Waals surface area contributed by atoms with E-state index in [9.17, 15) is 0 Å². The van der Waals surface area contributed by atoms with Crippen molar-refractivity contribution in [1.82, 2.24) is 14.9 Å². The fourth-order valence-electron chi connectivity index (χ4n) is 3.89. The van der Waals surface area contributed by atoms with Crippen molar-refractivity contribution in [2.45, 2.75) is 38.6 Å². The number of likely N-dealkylation sites (tertiary alicyclic amines) is 1. The molecule has 0 amide bonds. The van der Waals surface area contributed by atoms with Crippen molar-refractivity contribution >= 4 is 11.5 Å². The number of pyridine rings is 2. The maximum absolute atomic E-state index is 8.87. The summed E-state index contributed by atoms with van der Waals surface area (Å²) in [6, 6.07) is 16.2. The number of nitrogens with one attached hydrogen (secondary N) is 1. The minimum absolute atomic E-state index is 0.356. The maximum atomic E-state index is 8.87. The topological polar surface area (TPSA) is 78.0 Å². The molecule has 1 aliphatic heterocycles. The van der Waals surface area contributed by atoms with E-state index in [4.69, 9.17) is 14.7 Å². The molecule has 1 aliphatic rings. The van der Waals surface area contributed by atoms with Gasteiger partial charge in [0.25, 0.3) is 0 Å². The number of anilines is 2. The molecule has 148 valence electrons. The fourth-order valence-corrected chi connectivity index (χ4v) is 3.89. The zero-order valence-electron chi connectivity index (χ0n) is 16.6. The molecule has 0 saturated carbocycles. The molecule has 0 radical (unpaired) electrons. The normalized spacial score (nSPS) is 16.6. The van der Waals surface area contributed by atoms with Crippen LogP contribution in [0, 0.1) is 18.3 Å². The molecule has 3 aromatic heterocycles. The second kappa shape index (κ2) is 8.89. The van der Waals surface area contributed by atoms with E-state index in [-0.39, 0.29) is 0 Å². The van der Waals surface area contributed by atoms with E-state index in [1.807, 2.05) is 37.3 Å². The first-order valence-electron chi connectivity index (χ1n) is 10.1. The molecule has 0 bridgehead atoms. The highest BCUT2D eigenvalue weighted by Crippen LogP contribution is 2.31. The molecule has 0 spiro atoms. The first-order valence-corrected chi connectivity index (χ1v) is 10.1. The Morgan fingerprint density at radius 3 is 2.93 bits per heavy atom. The summed E-state index contributed by atoms with van der Waals surface area (Å²) >= 11 is 0. The summed E-state index contributed by atoms with van der Waals surface area (Å²) in [6.45, 7) is 4.14. The van der Waals surface area contributed by atoms with E-state index in [1.165, 1.54) is 6.42 Å². The molecule has 29 heavy (non-hydrogen) atoms. The maximum Gasteiger partial charge on any atom is 0.140 e. The molecule has 3 aromatic rings. The summed E-state index contributed by atoms with van der Waals surface area (Å²) < 4.78 is 5.68. The first-order chi connectivity index (χ1) is 14.2. The SMILES string of the molecule is Cc1ccc(CCCN2CCC[C@@H]2c2cccc(Nc3ccc(C#N)nc3)n2)o1. The van der Waals surface area contributed by atoms with Crippen LogP contribution >= 0.6 is 0 Å². The van der Waals surface area contributed by atoms with Crippen molar-refractivity contribution in [1.29, 1.82) is 5.26 Å². The minimum atomic E-state index is 0.356. The Balaban J connectivity index is 1.38. The van der Waals surface area contributed by atoms with Crippen LogP contribution < -0.4 is 5.32 Å². The van der Waals surface area contributed by atoms with Crippen LogP contribution in [0.25, 0.3) is 0 Å². The molecule has 4 heterocycles. The van der Waals surface area contributed by atoms with Gasteiger partial charge in [-0.25, -0.2) is 9.97 Å². The number of hydrogen-bond acceptors (Lipinski definition) is 6. The van der Waals surface area contributed by atoms with Crippen molar-refractivity contribution in [3.8, 4) is 6.07 Å². The van der Waals surface area contributed by atoms with Crippen LogP contribution in [-0.2, 0) is 6.42 Å². The summed E-state index contributed by atoms with van der Waals surface area (Å²) in [6.07, 6.45) is 6.04. The average Bonchev–Trinajstić information content (AvgIpc) is 3.38. The van der Waals surface area contributed by atoms with Crippen molar-refractivity contribution in [3.05, 3.63) is 71.6 Å². The molecule has 6 heteroatoms. The van der Waals surface area contributed by atoms with E-state index >= 15 is 0 Å². The number of aromatic nitrogens is 2. The largest absolute Gasteiger partial charge is 0.466 e. The second-order valence-corrected chi connectivity index (χ2v) is 7.43. The Hall–Kier alpha value is -3.17. The summed E-state index contributed by atoms with van der Waals surface area (Å²) in [7, 11) is 0. The molecule has 0 aromatic carbocycles. The van der Waals surface area contributed by atoms with E-state index < -0.39 is 0 Å². The zero-order valence-corrected chi connectivity index (χ0v) is 16.6. The Bertz CT molecular complexity index is 989. The summed E-state index contributed by atoms with van der Waals surface area (Å²) in [5.74, 6) is 2.84. The van der Waals surface area contributed by atoms with E-state index in [0.29, 0.717) is 11.7 Å². The molecule has 1 atom stereocenters. The van der Waals surface area contributed by atoms with Gasteiger partial charge in [-0.3, -0.25) is 4.90 Å². The van der Waals surface area contributed by atoms with Crippen LogP contribution in [0.4, 0.5) is 11.5 Å². The highest BCUT2D eigenvalue weighted by atomic mass is 16.3. The lowest BCUT2D eigenvalue weighted by molar-refractivity contribution is 0.248. The van der Waals surface area contributed by atoms with Crippen molar-refractivity contribution in [2.75, 3.05) is 18.4 Å². The van der Waals surface area contributed by atoms with Crippen LogP contribution in [0.2, 0.25) is 0 Å². The molecule has 1 N–H and O–H groups in total.